The van der Waals surface area contributed by atoms with Crippen molar-refractivity contribution in [1.82, 2.24) is 10.3 Å². The van der Waals surface area contributed by atoms with Crippen molar-refractivity contribution in [3.05, 3.63) is 81.9 Å². The van der Waals surface area contributed by atoms with E-state index in [0.29, 0.717) is 27.1 Å². The summed E-state index contributed by atoms with van der Waals surface area (Å²) in [7, 11) is -1.30. The molecule has 2 aliphatic rings. The molecular formula is C29H33N3O6S3. The zero-order valence-corrected chi connectivity index (χ0v) is 25.4. The van der Waals surface area contributed by atoms with Gasteiger partial charge in [0.05, 0.1) is 18.2 Å². The van der Waals surface area contributed by atoms with Crippen molar-refractivity contribution in [3.63, 3.8) is 0 Å². The van der Waals surface area contributed by atoms with Crippen LogP contribution in [0, 0.1) is 0 Å². The van der Waals surface area contributed by atoms with Gasteiger partial charge in [-0.1, -0.05) is 59.3 Å². The number of amides is 1. The van der Waals surface area contributed by atoms with Crippen LogP contribution in [-0.2, 0) is 31.2 Å². The summed E-state index contributed by atoms with van der Waals surface area (Å²) in [6, 6.07) is 9.10. The fraction of sp³-hybridized carbons (Fsp3) is 0.379. The number of carbonyl (C=O) groups excluding carboxylic acids is 2. The van der Waals surface area contributed by atoms with E-state index in [1.54, 1.807) is 44.2 Å². The molecule has 0 saturated carbocycles. The van der Waals surface area contributed by atoms with Crippen molar-refractivity contribution in [2.45, 2.75) is 69.1 Å². The van der Waals surface area contributed by atoms with E-state index in [2.05, 4.69) is 15.5 Å². The van der Waals surface area contributed by atoms with E-state index in [1.807, 2.05) is 35.7 Å². The van der Waals surface area contributed by atoms with Crippen LogP contribution in [0.2, 0.25) is 0 Å². The fourth-order valence-electron chi connectivity index (χ4n) is 4.50. The van der Waals surface area contributed by atoms with Crippen molar-refractivity contribution in [2.75, 3.05) is 0 Å². The van der Waals surface area contributed by atoms with Gasteiger partial charge in [0, 0.05) is 22.0 Å². The third-order valence-electron chi connectivity index (χ3n) is 7.05. The van der Waals surface area contributed by atoms with Crippen LogP contribution in [0.3, 0.4) is 0 Å². The number of hydrogen-bond acceptors (Lipinski definition) is 10. The number of thiazole rings is 1. The highest BCUT2D eigenvalue weighted by atomic mass is 33.1. The first-order chi connectivity index (χ1) is 19.5. The first kappa shape index (κ1) is 31.2. The summed E-state index contributed by atoms with van der Waals surface area (Å²) in [4.78, 5) is 35.9. The molecule has 2 aliphatic heterocycles. The molecule has 5 atom stereocenters. The maximum atomic E-state index is 13.3. The third-order valence-corrected chi connectivity index (χ3v) is 12.0. The smallest absolute Gasteiger partial charge is 0.276 e. The Bertz CT molecular complexity index is 1370. The van der Waals surface area contributed by atoms with Gasteiger partial charge in [-0.3, -0.25) is 9.59 Å². The predicted octanol–water partition coefficient (Wildman–Crippen LogP) is 4.38. The molecule has 4 rings (SSSR count). The Kier molecular flexibility index (Phi) is 10.3. The topological polar surface area (TPSA) is 144 Å². The number of aromatic nitrogens is 1. The molecule has 0 radical (unpaired) electrons. The summed E-state index contributed by atoms with van der Waals surface area (Å²) in [5.41, 5.74) is 0.592. The highest BCUT2D eigenvalue weighted by molar-refractivity contribution is 8.79. The van der Waals surface area contributed by atoms with E-state index in [4.69, 9.17) is 4.84 Å². The number of nitrogens with zero attached hydrogens (tertiary/aromatic N) is 2. The van der Waals surface area contributed by atoms with Crippen LogP contribution in [0.25, 0.3) is 6.08 Å². The van der Waals surface area contributed by atoms with E-state index < -0.39 is 43.7 Å². The largest absolute Gasteiger partial charge is 0.604 e. The molecule has 2 bridgehead atoms. The fourth-order valence-corrected chi connectivity index (χ4v) is 9.24. The Labute approximate surface area is 250 Å². The number of benzene rings is 1. The second-order valence-corrected chi connectivity index (χ2v) is 14.3. The van der Waals surface area contributed by atoms with E-state index >= 15 is 0 Å². The van der Waals surface area contributed by atoms with E-state index in [1.165, 1.54) is 18.3 Å². The monoisotopic (exact) mass is 615 g/mol. The Morgan fingerprint density at radius 2 is 1.98 bits per heavy atom. The average molecular weight is 616 g/mol. The quantitative estimate of drug-likeness (QED) is 0.200. The number of carbonyl (C=O) groups is 2. The number of fused-ring (bicyclic) bond motifs is 2. The summed E-state index contributed by atoms with van der Waals surface area (Å²) in [5.74, 6) is -0.440. The lowest BCUT2D eigenvalue weighted by Crippen LogP contribution is -2.56. The molecule has 1 aromatic carbocycles. The molecule has 1 saturated heterocycles. The zero-order chi connectivity index (χ0) is 29.6. The lowest BCUT2D eigenvalue weighted by Gasteiger charge is -2.35. The van der Waals surface area contributed by atoms with Gasteiger partial charge in [0.1, 0.15) is 23.4 Å². The third kappa shape index (κ3) is 7.37. The van der Waals surface area contributed by atoms with Gasteiger partial charge in [0.25, 0.3) is 5.12 Å². The van der Waals surface area contributed by atoms with Crippen LogP contribution in [0.15, 0.2) is 70.7 Å². The van der Waals surface area contributed by atoms with Crippen LogP contribution >= 0.6 is 22.1 Å². The Balaban J connectivity index is 1.67. The molecule has 0 aliphatic carbocycles. The number of aliphatic hydroxyl groups is 2. The van der Waals surface area contributed by atoms with Crippen molar-refractivity contribution in [1.29, 1.82) is 0 Å². The van der Waals surface area contributed by atoms with Crippen molar-refractivity contribution in [3.8, 4) is 0 Å². The molecule has 12 heteroatoms. The maximum Gasteiger partial charge on any atom is 0.276 e. The van der Waals surface area contributed by atoms with Gasteiger partial charge in [0.2, 0.25) is 5.91 Å². The molecule has 2 aromatic rings. The number of hydrogen-bond donors (Lipinski definition) is 3. The van der Waals surface area contributed by atoms with Crippen molar-refractivity contribution in [2.24, 2.45) is 5.16 Å². The van der Waals surface area contributed by atoms with Gasteiger partial charge in [-0.2, -0.15) is 0 Å². The summed E-state index contributed by atoms with van der Waals surface area (Å²) in [6.45, 7) is 5.12. The number of nitrogens with one attached hydrogen (secondary N) is 1. The molecule has 3 heterocycles. The average Bonchev–Trinajstić information content (AvgIpc) is 3.46. The Morgan fingerprint density at radius 1 is 1.24 bits per heavy atom. The highest BCUT2D eigenvalue weighted by Crippen LogP contribution is 2.52. The van der Waals surface area contributed by atoms with Gasteiger partial charge in [-0.25, -0.2) is 4.98 Å². The summed E-state index contributed by atoms with van der Waals surface area (Å²) in [6.07, 6.45) is 7.43. The van der Waals surface area contributed by atoms with Gasteiger partial charge in [0.15, 0.2) is 21.1 Å². The zero-order valence-electron chi connectivity index (χ0n) is 23.0. The van der Waals surface area contributed by atoms with Gasteiger partial charge in [-0.15, -0.1) is 11.3 Å². The van der Waals surface area contributed by atoms with E-state index in [9.17, 15) is 24.4 Å². The molecule has 1 fully saturated rings. The van der Waals surface area contributed by atoms with E-state index in [-0.39, 0.29) is 31.6 Å². The lowest BCUT2D eigenvalue weighted by atomic mass is 9.81. The van der Waals surface area contributed by atoms with Gasteiger partial charge < -0.3 is 24.9 Å². The van der Waals surface area contributed by atoms with Crippen molar-refractivity contribution < 1.29 is 29.2 Å². The van der Waals surface area contributed by atoms with Crippen LogP contribution in [0.1, 0.15) is 62.3 Å². The van der Waals surface area contributed by atoms with Crippen LogP contribution in [-0.4, -0.2) is 52.9 Å². The number of oxime groups is 1. The lowest BCUT2D eigenvalue weighted by molar-refractivity contribution is -0.132. The maximum absolute atomic E-state index is 13.3. The van der Waals surface area contributed by atoms with Gasteiger partial charge in [-0.05, 0) is 44.9 Å². The van der Waals surface area contributed by atoms with Crippen LogP contribution < -0.4 is 5.32 Å². The SMILES string of the molecule is C/C1=C\[C@@H](O)C(=N/OCc2ccccc2)/C=C/C=C\c2csc(n2)C(C)NC(=O)C[C@@]2(CC1)[S+]([O-])SC(=O)[C@]2(C)O. The molecule has 1 spiro atoms. The van der Waals surface area contributed by atoms with Crippen LogP contribution in [0.4, 0.5) is 0 Å². The van der Waals surface area contributed by atoms with Crippen molar-refractivity contribution >= 4 is 55.1 Å². The molecule has 1 aromatic heterocycles. The van der Waals surface area contributed by atoms with E-state index in [0.717, 1.165) is 5.56 Å². The molecule has 218 valence electrons. The molecule has 9 nitrogen and oxygen atoms in total. The minimum Gasteiger partial charge on any atom is -0.604 e. The molecule has 3 N–H and O–H groups in total. The summed E-state index contributed by atoms with van der Waals surface area (Å²) < 4.78 is 11.8. The summed E-state index contributed by atoms with van der Waals surface area (Å²) in [5, 5.41) is 31.2. The molecule has 1 amide bonds. The van der Waals surface area contributed by atoms with Gasteiger partial charge >= 0.3 is 0 Å². The first-order valence-electron chi connectivity index (χ1n) is 13.1. The standard InChI is InChI=1S/C29H33N3O6S3/c1-19-13-14-29(28(3,36)27(35)40-41(29)37)16-25(34)30-20(2)26-31-22(18-39-26)11-7-8-12-23(24(33)15-19)32-38-17-21-9-5-4-6-10-21/h4-12,15,18,20,24,33,36H,13-14,16-17H2,1-3H3,(H,30,34)/b11-7-,12-8+,19-15+,32-23+/t20?,24-,28+,29-,41?/m1/s1. The predicted molar refractivity (Wildman–Crippen MR) is 163 cm³/mol. The molecular weight excluding hydrogens is 583 g/mol. The Morgan fingerprint density at radius 3 is 2.68 bits per heavy atom. The second-order valence-electron chi connectivity index (χ2n) is 10.2. The minimum absolute atomic E-state index is 0.0825. The summed E-state index contributed by atoms with van der Waals surface area (Å²) >= 11 is 1.38. The number of aliphatic hydroxyl groups excluding tert-OH is 1. The van der Waals surface area contributed by atoms with Crippen LogP contribution in [0.5, 0.6) is 0 Å². The highest BCUT2D eigenvalue weighted by Gasteiger charge is 2.69. The molecule has 41 heavy (non-hydrogen) atoms. The number of allylic oxidation sites excluding steroid dienone is 3. The normalized spacial score (nSPS) is 33.5. The first-order valence-corrected chi connectivity index (χ1v) is 16.4. The minimum atomic E-state index is -1.98. The second kappa shape index (κ2) is 13.5. The number of rotatable bonds is 3. The Hall–Kier alpha value is -2.74. The molecule has 2 unspecified atom stereocenters.